The van der Waals surface area contributed by atoms with Gasteiger partial charge in [0.25, 0.3) is 0 Å². The van der Waals surface area contributed by atoms with Crippen LogP contribution >= 0.6 is 0 Å². The van der Waals surface area contributed by atoms with Gasteiger partial charge in [0.05, 0.1) is 12.3 Å². The molecule has 0 aliphatic carbocycles. The molecule has 0 saturated heterocycles. The largest absolute Gasteiger partial charge is 0.462 e. The van der Waals surface area contributed by atoms with Gasteiger partial charge < -0.3 is 16.2 Å². The fourth-order valence-corrected chi connectivity index (χ4v) is 1.83. The monoisotopic (exact) mass is 230 g/mol. The first-order chi connectivity index (χ1) is 8.15. The van der Waals surface area contributed by atoms with Crippen LogP contribution in [0.2, 0.25) is 0 Å². The summed E-state index contributed by atoms with van der Waals surface area (Å²) in [6.45, 7) is 2.04. The number of fused-ring (bicyclic) bond motifs is 1. The molecule has 17 heavy (non-hydrogen) atoms. The number of carbonyl (C=O) groups excluding carboxylic acids is 1. The molecule has 0 bridgehead atoms. The van der Waals surface area contributed by atoms with Gasteiger partial charge >= 0.3 is 5.97 Å². The standard InChI is InChI=1S/C13H14N2O2/c1-2-17-13(16)11-10(14)7-8-5-3-4-6-9(8)12(11)15/h3-7H,2,14-15H2,1H3. The van der Waals surface area contributed by atoms with Gasteiger partial charge in [0.15, 0.2) is 0 Å². The van der Waals surface area contributed by atoms with E-state index < -0.39 is 5.97 Å². The minimum Gasteiger partial charge on any atom is -0.462 e. The highest BCUT2D eigenvalue weighted by atomic mass is 16.5. The van der Waals surface area contributed by atoms with E-state index in [4.69, 9.17) is 16.2 Å². The van der Waals surface area contributed by atoms with Gasteiger partial charge in [-0.3, -0.25) is 0 Å². The molecule has 0 fully saturated rings. The summed E-state index contributed by atoms with van der Waals surface area (Å²) in [4.78, 5) is 11.7. The molecule has 4 heteroatoms. The second kappa shape index (κ2) is 4.33. The van der Waals surface area contributed by atoms with Gasteiger partial charge in [-0.15, -0.1) is 0 Å². The molecule has 2 aromatic rings. The van der Waals surface area contributed by atoms with Crippen molar-refractivity contribution in [2.45, 2.75) is 6.92 Å². The van der Waals surface area contributed by atoms with Crippen LogP contribution in [0.5, 0.6) is 0 Å². The van der Waals surface area contributed by atoms with Crippen LogP contribution in [-0.4, -0.2) is 12.6 Å². The number of rotatable bonds is 2. The summed E-state index contributed by atoms with van der Waals surface area (Å²) in [6.07, 6.45) is 0. The quantitative estimate of drug-likeness (QED) is 0.612. The highest BCUT2D eigenvalue weighted by Crippen LogP contribution is 2.30. The summed E-state index contributed by atoms with van der Waals surface area (Å²) >= 11 is 0. The van der Waals surface area contributed by atoms with E-state index >= 15 is 0 Å². The molecule has 0 aliphatic rings. The number of benzene rings is 2. The van der Waals surface area contributed by atoms with Gasteiger partial charge in [0.2, 0.25) is 0 Å². The lowest BCUT2D eigenvalue weighted by molar-refractivity contribution is 0.0529. The van der Waals surface area contributed by atoms with Gasteiger partial charge in [-0.1, -0.05) is 24.3 Å². The normalized spacial score (nSPS) is 10.4. The summed E-state index contributed by atoms with van der Waals surface area (Å²) in [6, 6.07) is 9.25. The SMILES string of the molecule is CCOC(=O)c1c(N)cc2ccccc2c1N. The number of anilines is 2. The Morgan fingerprint density at radius 1 is 1.29 bits per heavy atom. The predicted molar refractivity (Wildman–Crippen MR) is 68.7 cm³/mol. The molecule has 0 spiro atoms. The van der Waals surface area contributed by atoms with Crippen molar-refractivity contribution >= 4 is 28.1 Å². The molecular weight excluding hydrogens is 216 g/mol. The number of nitrogens with two attached hydrogens (primary N) is 2. The molecule has 2 aromatic carbocycles. The topological polar surface area (TPSA) is 78.3 Å². The lowest BCUT2D eigenvalue weighted by atomic mass is 10.0. The number of esters is 1. The Morgan fingerprint density at radius 3 is 2.71 bits per heavy atom. The lowest BCUT2D eigenvalue weighted by Crippen LogP contribution is -2.11. The van der Waals surface area contributed by atoms with E-state index in [9.17, 15) is 4.79 Å². The zero-order valence-electron chi connectivity index (χ0n) is 9.57. The fourth-order valence-electron chi connectivity index (χ4n) is 1.83. The first kappa shape index (κ1) is 11.3. The molecule has 0 radical (unpaired) electrons. The van der Waals surface area contributed by atoms with Crippen LogP contribution in [0.1, 0.15) is 17.3 Å². The highest BCUT2D eigenvalue weighted by molar-refractivity contribution is 6.10. The molecule has 4 N–H and O–H groups in total. The molecule has 0 saturated carbocycles. The average molecular weight is 230 g/mol. The minimum absolute atomic E-state index is 0.255. The van der Waals surface area contributed by atoms with Crippen LogP contribution in [0.3, 0.4) is 0 Å². The fraction of sp³-hybridized carbons (Fsp3) is 0.154. The Labute approximate surface area is 99.2 Å². The van der Waals surface area contributed by atoms with E-state index in [0.29, 0.717) is 18.0 Å². The molecule has 2 rings (SSSR count). The third kappa shape index (κ3) is 1.89. The minimum atomic E-state index is -0.478. The van der Waals surface area contributed by atoms with E-state index in [1.807, 2.05) is 24.3 Å². The van der Waals surface area contributed by atoms with Crippen molar-refractivity contribution in [3.05, 3.63) is 35.9 Å². The van der Waals surface area contributed by atoms with Gasteiger partial charge in [-0.05, 0) is 18.4 Å². The maximum Gasteiger partial charge on any atom is 0.342 e. The molecule has 0 heterocycles. The Balaban J connectivity index is 2.67. The molecule has 0 aromatic heterocycles. The Hall–Kier alpha value is -2.23. The van der Waals surface area contributed by atoms with E-state index in [-0.39, 0.29) is 5.56 Å². The van der Waals surface area contributed by atoms with E-state index in [1.54, 1.807) is 13.0 Å². The van der Waals surface area contributed by atoms with Crippen molar-refractivity contribution in [1.82, 2.24) is 0 Å². The molecule has 0 amide bonds. The maximum absolute atomic E-state index is 11.7. The van der Waals surface area contributed by atoms with E-state index in [1.165, 1.54) is 0 Å². The number of hydrogen-bond acceptors (Lipinski definition) is 4. The second-order valence-corrected chi connectivity index (χ2v) is 3.70. The van der Waals surface area contributed by atoms with Crippen LogP contribution < -0.4 is 11.5 Å². The molecule has 0 unspecified atom stereocenters. The lowest BCUT2D eigenvalue weighted by Gasteiger charge is -2.11. The van der Waals surface area contributed by atoms with Crippen molar-refractivity contribution in [2.75, 3.05) is 18.1 Å². The van der Waals surface area contributed by atoms with E-state index in [2.05, 4.69) is 0 Å². The number of nitrogen functional groups attached to an aromatic ring is 2. The van der Waals surface area contributed by atoms with Gasteiger partial charge in [-0.25, -0.2) is 4.79 Å². The smallest absolute Gasteiger partial charge is 0.342 e. The second-order valence-electron chi connectivity index (χ2n) is 3.70. The summed E-state index contributed by atoms with van der Waals surface area (Å²) in [5.41, 5.74) is 12.8. The Kier molecular flexibility index (Phi) is 2.87. The van der Waals surface area contributed by atoms with Gasteiger partial charge in [-0.2, -0.15) is 0 Å². The summed E-state index contributed by atoms with van der Waals surface area (Å²) in [5.74, 6) is -0.478. The molecule has 88 valence electrons. The maximum atomic E-state index is 11.7. The van der Waals surface area contributed by atoms with Crippen LogP contribution in [0.15, 0.2) is 30.3 Å². The first-order valence-electron chi connectivity index (χ1n) is 5.39. The van der Waals surface area contributed by atoms with Crippen LogP contribution in [0.4, 0.5) is 11.4 Å². The van der Waals surface area contributed by atoms with Gasteiger partial charge in [0.1, 0.15) is 5.56 Å². The zero-order chi connectivity index (χ0) is 12.4. The molecule has 4 nitrogen and oxygen atoms in total. The van der Waals surface area contributed by atoms with Crippen molar-refractivity contribution in [3.8, 4) is 0 Å². The van der Waals surface area contributed by atoms with Crippen LogP contribution in [0.25, 0.3) is 10.8 Å². The predicted octanol–water partition coefficient (Wildman–Crippen LogP) is 2.18. The number of hydrogen-bond donors (Lipinski definition) is 2. The van der Waals surface area contributed by atoms with Crippen molar-refractivity contribution < 1.29 is 9.53 Å². The molecule has 0 aliphatic heterocycles. The zero-order valence-corrected chi connectivity index (χ0v) is 9.57. The van der Waals surface area contributed by atoms with Crippen molar-refractivity contribution in [3.63, 3.8) is 0 Å². The summed E-state index contributed by atoms with van der Waals surface area (Å²) in [7, 11) is 0. The summed E-state index contributed by atoms with van der Waals surface area (Å²) < 4.78 is 4.94. The van der Waals surface area contributed by atoms with Crippen LogP contribution in [0, 0.1) is 0 Å². The third-order valence-electron chi connectivity index (χ3n) is 2.60. The first-order valence-corrected chi connectivity index (χ1v) is 5.39. The van der Waals surface area contributed by atoms with Crippen molar-refractivity contribution in [2.24, 2.45) is 0 Å². The number of carbonyl (C=O) groups is 1. The van der Waals surface area contributed by atoms with Crippen molar-refractivity contribution in [1.29, 1.82) is 0 Å². The molecule has 0 atom stereocenters. The van der Waals surface area contributed by atoms with E-state index in [0.717, 1.165) is 10.8 Å². The Bertz CT molecular complexity index is 579. The third-order valence-corrected chi connectivity index (χ3v) is 2.60. The molecular formula is C13H14N2O2. The number of ether oxygens (including phenoxy) is 1. The van der Waals surface area contributed by atoms with Gasteiger partial charge in [0, 0.05) is 11.1 Å². The average Bonchev–Trinajstić information content (AvgIpc) is 2.29. The summed E-state index contributed by atoms with van der Waals surface area (Å²) in [5, 5.41) is 1.72. The highest BCUT2D eigenvalue weighted by Gasteiger charge is 2.17. The van der Waals surface area contributed by atoms with Crippen LogP contribution in [-0.2, 0) is 4.74 Å². The Morgan fingerprint density at radius 2 is 2.00 bits per heavy atom.